The number of thioether (sulfide) groups is 2. The number of amides is 10. The van der Waals surface area contributed by atoms with Gasteiger partial charge in [-0.15, -0.1) is 23.5 Å². The fourth-order valence-electron chi connectivity index (χ4n) is 11.4. The van der Waals surface area contributed by atoms with Crippen molar-refractivity contribution >= 4 is 82.6 Å². The van der Waals surface area contributed by atoms with Crippen molar-refractivity contribution in [2.75, 3.05) is 69.2 Å². The molecular weight excluding hydrogens is 1430 g/mol. The Kier molecular flexibility index (Phi) is 35.9. The van der Waals surface area contributed by atoms with Crippen LogP contribution in [0.25, 0.3) is 10.4 Å². The number of nitrogens with one attached hydrogen (secondary N) is 9. The zero-order valence-corrected chi connectivity index (χ0v) is 57.5. The van der Waals surface area contributed by atoms with E-state index < -0.39 is 293 Å². The molecule has 0 aromatic rings. The Morgan fingerprint density at radius 3 is 1.32 bits per heavy atom. The molecule has 5 aliphatic heterocycles. The number of aliphatic hydroxyl groups is 14. The highest BCUT2D eigenvalue weighted by Gasteiger charge is 2.54. The quantitative estimate of drug-likeness (QED) is 0.0119. The van der Waals surface area contributed by atoms with Crippen LogP contribution in [0.5, 0.6) is 0 Å². The monoisotopic (exact) mass is 1520 g/mol. The van der Waals surface area contributed by atoms with Gasteiger partial charge in [0.25, 0.3) is 0 Å². The molecule has 5 rings (SSSR count). The third kappa shape index (κ3) is 25.0. The molecule has 0 aliphatic carbocycles. The van der Waals surface area contributed by atoms with Crippen LogP contribution in [0.3, 0.4) is 0 Å². The Labute approximate surface area is 594 Å². The predicted molar refractivity (Wildman–Crippen MR) is 343 cm³/mol. The van der Waals surface area contributed by atoms with E-state index in [1.807, 2.05) is 0 Å². The maximum Gasteiger partial charge on any atom is 0.246 e. The lowest BCUT2D eigenvalue weighted by atomic mass is 9.94. The molecule has 5 fully saturated rings. The molecule has 0 aromatic carbocycles. The van der Waals surface area contributed by atoms with Gasteiger partial charge in [0.05, 0.1) is 50.6 Å². The third-order valence-electron chi connectivity index (χ3n) is 16.5. The number of hydrogen-bond donors (Lipinski definition) is 24. The van der Waals surface area contributed by atoms with Crippen LogP contribution in [-0.2, 0) is 85.8 Å². The molecule has 0 radical (unpaired) electrons. The number of carbonyl (C=O) groups is 10. The molecule has 5 aliphatic rings. The number of carbonyl (C=O) groups excluding carboxylic acids is 10. The third-order valence-corrected chi connectivity index (χ3v) is 18.6. The van der Waals surface area contributed by atoms with Gasteiger partial charge in [-0.05, 0) is 24.8 Å². The van der Waals surface area contributed by atoms with Crippen molar-refractivity contribution in [1.29, 1.82) is 0 Å². The van der Waals surface area contributed by atoms with E-state index in [4.69, 9.17) is 49.2 Å². The Morgan fingerprint density at radius 1 is 0.476 bits per heavy atom. The number of aliphatic hydroxyl groups excluding tert-OH is 14. The zero-order valence-electron chi connectivity index (χ0n) is 55.9. The molecule has 0 bridgehead atoms. The molecule has 47 heteroatoms. The van der Waals surface area contributed by atoms with Gasteiger partial charge in [0.1, 0.15) is 141 Å². The Balaban J connectivity index is 1.26. The SMILES string of the molecule is CC(=O)N[C@@H]1[C@@H](O)[C@H](OCC(=O)NCCCC[C@H](NC(=O)[C@H](CSCC(=O)N[C@@H]2O[C@H](CO)[C@@H](O[C@@H]3O[C@H](CO)[C@H](O)[C@H](O)[C@H]3O)[C@H](O)[C@H]2NC(C)=O)NC(C)=O)C(=O)N[C@@H](CSCC(=O)N[C@@H]2O[C@H](CO)[C@@H](O[C@@H]3O[C@H](CO)[C@H](O)[C@H](O)[C@H]3O)[C@H](O)[C@H]2NC(C)=O)C(N)=O)[C@@H](CO)O[C@H]1N=[N+]=[N-]. The first-order chi connectivity index (χ1) is 48.7. The van der Waals surface area contributed by atoms with Crippen molar-refractivity contribution in [3.63, 3.8) is 0 Å². The Morgan fingerprint density at radius 2 is 0.893 bits per heavy atom. The van der Waals surface area contributed by atoms with Crippen molar-refractivity contribution < 1.29 is 157 Å². The summed E-state index contributed by atoms with van der Waals surface area (Å²) in [6.07, 6.45) is -37.5. The molecule has 28 atom stereocenters. The second-order valence-corrected chi connectivity index (χ2v) is 26.4. The molecule has 0 unspecified atom stereocenters. The van der Waals surface area contributed by atoms with Gasteiger partial charge in [0.2, 0.25) is 59.1 Å². The van der Waals surface area contributed by atoms with Crippen molar-refractivity contribution in [1.82, 2.24) is 47.9 Å². The number of azide groups is 1. The van der Waals surface area contributed by atoms with Gasteiger partial charge in [0.15, 0.2) is 31.3 Å². The van der Waals surface area contributed by atoms with Gasteiger partial charge in [0, 0.05) is 50.7 Å². The standard InChI is InChI=1S/C56H93N13O32S2/c1-19(75)60-25(16-103-18-33(81)67-53-35(62-21(3)77)41(86)48(30(13-74)96-53)101-56-45(90)43(88)38(83)27(10-71)99-56)51(93)64-23(7-5-6-8-59-31(79)14-94-46-28(11-72)97-54(68-69-58)36(39(46)84)63-22(4)78)50(92)65-24(49(57)91)15-102-17-32(80)66-52-34(61-20(2)76)40(85)47(29(12-73)95-52)100-55-44(89)42(87)37(82)26(9-70)98-55/h23-30,34-48,52-56,70-74,82-90H,5-18H2,1-4H3,(H2,57,91)(H,59,79)(H,60,75)(H,61,76)(H,62,77)(H,63,78)(H,64,93)(H,65,92)(H,66,80)(H,67,81)/t23-,24-,25-,26+,27+,28+,29+,30+,34+,35+,36+,37-,38-,39+,40+,41+,42-,43-,44+,45+,46+,47+,48+,52+,53+,54+,55-,56-/m0/s1. The van der Waals surface area contributed by atoms with Gasteiger partial charge < -0.3 is 163 Å². The summed E-state index contributed by atoms with van der Waals surface area (Å²) in [5, 5.41) is 171. The molecule has 586 valence electrons. The summed E-state index contributed by atoms with van der Waals surface area (Å²) in [6.45, 7) is -0.980. The van der Waals surface area contributed by atoms with Crippen LogP contribution in [0, 0.1) is 0 Å². The number of primary amides is 1. The Bertz CT molecular complexity index is 2890. The van der Waals surface area contributed by atoms with Gasteiger partial charge in [-0.2, -0.15) is 0 Å². The Hall–Kier alpha value is -6.17. The molecular formula is C56H93N13O32S2. The molecule has 5 heterocycles. The molecule has 0 aromatic heterocycles. The minimum atomic E-state index is -1.96. The predicted octanol–water partition coefficient (Wildman–Crippen LogP) is -14.3. The fraction of sp³-hybridized carbons (Fsp3) is 0.821. The normalized spacial score (nSPS) is 34.5. The van der Waals surface area contributed by atoms with Crippen molar-refractivity contribution in [2.45, 2.75) is 218 Å². The first-order valence-corrected chi connectivity index (χ1v) is 34.5. The van der Waals surface area contributed by atoms with E-state index >= 15 is 0 Å². The van der Waals surface area contributed by atoms with E-state index in [2.05, 4.69) is 57.9 Å². The fourth-order valence-corrected chi connectivity index (χ4v) is 13.1. The minimum absolute atomic E-state index is 0.0132. The van der Waals surface area contributed by atoms with Gasteiger partial charge in [-0.3, -0.25) is 47.9 Å². The highest BCUT2D eigenvalue weighted by atomic mass is 32.2. The lowest BCUT2D eigenvalue weighted by molar-refractivity contribution is -0.336. The number of ether oxygens (including phenoxy) is 8. The molecule has 0 saturated carbocycles. The highest BCUT2D eigenvalue weighted by molar-refractivity contribution is 8.00. The lowest BCUT2D eigenvalue weighted by Crippen LogP contribution is -2.70. The summed E-state index contributed by atoms with van der Waals surface area (Å²) in [7, 11) is 0. The van der Waals surface area contributed by atoms with Crippen LogP contribution in [0.15, 0.2) is 5.11 Å². The minimum Gasteiger partial charge on any atom is -0.394 e. The van der Waals surface area contributed by atoms with Gasteiger partial charge >= 0.3 is 0 Å². The van der Waals surface area contributed by atoms with E-state index in [-0.39, 0.29) is 25.8 Å². The van der Waals surface area contributed by atoms with Crippen LogP contribution in [0.1, 0.15) is 47.0 Å². The van der Waals surface area contributed by atoms with E-state index in [0.29, 0.717) is 11.8 Å². The molecule has 45 nitrogen and oxygen atoms in total. The second-order valence-electron chi connectivity index (χ2n) is 24.3. The average Bonchev–Trinajstić information content (AvgIpc) is 0.791. The van der Waals surface area contributed by atoms with Gasteiger partial charge in [-0.1, -0.05) is 5.11 Å². The highest BCUT2D eigenvalue weighted by Crippen LogP contribution is 2.32. The van der Waals surface area contributed by atoms with Crippen molar-refractivity contribution in [3.8, 4) is 0 Å². The van der Waals surface area contributed by atoms with Crippen LogP contribution in [-0.4, -0.2) is 371 Å². The number of hydrogen-bond acceptors (Lipinski definition) is 35. The summed E-state index contributed by atoms with van der Waals surface area (Å²) in [5.74, 6) is -10.8. The largest absolute Gasteiger partial charge is 0.394 e. The van der Waals surface area contributed by atoms with Crippen LogP contribution < -0.4 is 53.6 Å². The molecule has 10 amide bonds. The molecule has 25 N–H and O–H groups in total. The zero-order chi connectivity index (χ0) is 76.7. The maximum absolute atomic E-state index is 14.3. The summed E-state index contributed by atoms with van der Waals surface area (Å²) >= 11 is 1.43. The number of rotatable bonds is 37. The van der Waals surface area contributed by atoms with Gasteiger partial charge in [-0.25, -0.2) is 0 Å². The maximum atomic E-state index is 14.3. The summed E-state index contributed by atoms with van der Waals surface area (Å²) in [4.78, 5) is 133. The molecule has 5 saturated heterocycles. The van der Waals surface area contributed by atoms with Crippen molar-refractivity contribution in [2.24, 2.45) is 10.8 Å². The van der Waals surface area contributed by atoms with E-state index in [1.165, 1.54) is 0 Å². The summed E-state index contributed by atoms with van der Waals surface area (Å²) in [6, 6.07) is -9.25. The number of nitrogens with two attached hydrogens (primary N) is 1. The summed E-state index contributed by atoms with van der Waals surface area (Å²) < 4.78 is 44.8. The van der Waals surface area contributed by atoms with Crippen molar-refractivity contribution in [3.05, 3.63) is 10.4 Å². The first-order valence-electron chi connectivity index (χ1n) is 32.1. The molecule has 0 spiro atoms. The number of unbranched alkanes of at least 4 members (excludes halogenated alkanes) is 1. The van der Waals surface area contributed by atoms with Crippen LogP contribution in [0.2, 0.25) is 0 Å². The molecule has 103 heavy (non-hydrogen) atoms. The van der Waals surface area contributed by atoms with E-state index in [9.17, 15) is 119 Å². The summed E-state index contributed by atoms with van der Waals surface area (Å²) in [5.41, 5.74) is 14.7. The van der Waals surface area contributed by atoms with Crippen LogP contribution in [0.4, 0.5) is 0 Å². The van der Waals surface area contributed by atoms with E-state index in [0.717, 1.165) is 39.5 Å². The first kappa shape index (κ1) is 87.5. The smallest absolute Gasteiger partial charge is 0.246 e. The second kappa shape index (κ2) is 42.2. The average molecular weight is 1520 g/mol. The van der Waals surface area contributed by atoms with E-state index in [1.54, 1.807) is 0 Å². The topological polar surface area (TPSA) is 711 Å². The lowest BCUT2D eigenvalue weighted by Gasteiger charge is -2.47. The van der Waals surface area contributed by atoms with Crippen LogP contribution >= 0.6 is 23.5 Å². The number of nitrogens with zero attached hydrogens (tertiary/aromatic N) is 3.